The van der Waals surface area contributed by atoms with E-state index in [0.717, 1.165) is 28.1 Å². The van der Waals surface area contributed by atoms with E-state index in [1.165, 1.54) is 0 Å². The van der Waals surface area contributed by atoms with Crippen LogP contribution in [0.3, 0.4) is 0 Å². The molecule has 2 aromatic carbocycles. The molecule has 28 heavy (non-hydrogen) atoms. The molecule has 0 unspecified atom stereocenters. The molecule has 3 rings (SSSR count). The van der Waals surface area contributed by atoms with Gasteiger partial charge in [-0.05, 0) is 67.8 Å². The molecule has 0 aliphatic heterocycles. The van der Waals surface area contributed by atoms with Gasteiger partial charge in [0.15, 0.2) is 0 Å². The molecule has 0 aliphatic carbocycles. The molecule has 0 bridgehead atoms. The van der Waals surface area contributed by atoms with Gasteiger partial charge in [0.05, 0.1) is 12.2 Å². The molecule has 2 N–H and O–H groups in total. The van der Waals surface area contributed by atoms with E-state index < -0.39 is 0 Å². The summed E-state index contributed by atoms with van der Waals surface area (Å²) in [5.74, 6) is 0.187. The SMILES string of the molecule is Cc1ccc(C(=O)NC(=NCc2ccccn2)Nc2ccccc2C)cc1C. The fourth-order valence-corrected chi connectivity index (χ4v) is 2.67. The van der Waals surface area contributed by atoms with E-state index in [4.69, 9.17) is 0 Å². The fourth-order valence-electron chi connectivity index (χ4n) is 2.67. The van der Waals surface area contributed by atoms with Crippen LogP contribution in [0.15, 0.2) is 71.9 Å². The monoisotopic (exact) mass is 372 g/mol. The van der Waals surface area contributed by atoms with Crippen LogP contribution in [0.2, 0.25) is 0 Å². The molecule has 1 heterocycles. The number of hydrogen-bond donors (Lipinski definition) is 2. The van der Waals surface area contributed by atoms with Crippen molar-refractivity contribution in [1.82, 2.24) is 10.3 Å². The first-order valence-electron chi connectivity index (χ1n) is 9.18. The molecule has 0 atom stereocenters. The zero-order valence-corrected chi connectivity index (χ0v) is 16.4. The second-order valence-corrected chi connectivity index (χ2v) is 6.68. The maximum absolute atomic E-state index is 12.8. The lowest BCUT2D eigenvalue weighted by atomic mass is 10.1. The van der Waals surface area contributed by atoms with Crippen molar-refractivity contribution in [3.63, 3.8) is 0 Å². The van der Waals surface area contributed by atoms with Crippen molar-refractivity contribution in [2.24, 2.45) is 4.99 Å². The molecule has 0 radical (unpaired) electrons. The van der Waals surface area contributed by atoms with Gasteiger partial charge < -0.3 is 5.32 Å². The summed E-state index contributed by atoms with van der Waals surface area (Å²) in [6.45, 7) is 6.39. The summed E-state index contributed by atoms with van der Waals surface area (Å²) in [6, 6.07) is 19.2. The molecular weight excluding hydrogens is 348 g/mol. The Balaban J connectivity index is 1.83. The zero-order chi connectivity index (χ0) is 19.9. The van der Waals surface area contributed by atoms with E-state index in [1.807, 2.05) is 81.4 Å². The summed E-state index contributed by atoms with van der Waals surface area (Å²) >= 11 is 0. The van der Waals surface area contributed by atoms with E-state index in [-0.39, 0.29) is 5.91 Å². The quantitative estimate of drug-likeness (QED) is 0.527. The van der Waals surface area contributed by atoms with Crippen LogP contribution < -0.4 is 10.6 Å². The Morgan fingerprint density at radius 3 is 2.43 bits per heavy atom. The Hall–Kier alpha value is -3.47. The number of nitrogens with one attached hydrogen (secondary N) is 2. The predicted molar refractivity (Wildman–Crippen MR) is 114 cm³/mol. The molecule has 0 aliphatic rings. The number of aromatic nitrogens is 1. The molecule has 142 valence electrons. The number of hydrogen-bond acceptors (Lipinski definition) is 3. The number of para-hydroxylation sites is 1. The number of benzene rings is 2. The van der Waals surface area contributed by atoms with Gasteiger partial charge in [-0.3, -0.25) is 15.1 Å². The van der Waals surface area contributed by atoms with Gasteiger partial charge in [0.2, 0.25) is 5.96 Å². The van der Waals surface area contributed by atoms with Crippen LogP contribution >= 0.6 is 0 Å². The lowest BCUT2D eigenvalue weighted by Gasteiger charge is -2.14. The van der Waals surface area contributed by atoms with Crippen molar-refractivity contribution in [2.75, 3.05) is 5.32 Å². The van der Waals surface area contributed by atoms with Gasteiger partial charge in [0.25, 0.3) is 5.91 Å². The third-order valence-corrected chi connectivity index (χ3v) is 4.52. The number of anilines is 1. The lowest BCUT2D eigenvalue weighted by Crippen LogP contribution is -2.36. The maximum atomic E-state index is 12.8. The summed E-state index contributed by atoms with van der Waals surface area (Å²) in [4.78, 5) is 21.6. The second-order valence-electron chi connectivity index (χ2n) is 6.68. The Bertz CT molecular complexity index is 996. The van der Waals surface area contributed by atoms with Crippen LogP contribution in [0.25, 0.3) is 0 Å². The average molecular weight is 372 g/mol. The lowest BCUT2D eigenvalue weighted by molar-refractivity contribution is 0.0977. The number of aryl methyl sites for hydroxylation is 3. The number of amides is 1. The Kier molecular flexibility index (Phi) is 6.17. The molecule has 1 amide bonds. The van der Waals surface area contributed by atoms with E-state index >= 15 is 0 Å². The minimum Gasteiger partial charge on any atom is -0.326 e. The van der Waals surface area contributed by atoms with Crippen molar-refractivity contribution in [3.05, 3.63) is 94.8 Å². The van der Waals surface area contributed by atoms with Gasteiger partial charge in [0.1, 0.15) is 0 Å². The number of carbonyl (C=O) groups excluding carboxylic acids is 1. The molecular formula is C23H24N4O. The minimum atomic E-state index is -0.205. The predicted octanol–water partition coefficient (Wildman–Crippen LogP) is 4.40. The van der Waals surface area contributed by atoms with Crippen LogP contribution in [0.1, 0.15) is 32.7 Å². The van der Waals surface area contributed by atoms with Crippen LogP contribution in [0.5, 0.6) is 0 Å². The van der Waals surface area contributed by atoms with Crippen LogP contribution in [-0.4, -0.2) is 16.9 Å². The highest BCUT2D eigenvalue weighted by atomic mass is 16.1. The number of guanidine groups is 1. The van der Waals surface area contributed by atoms with E-state index in [2.05, 4.69) is 20.6 Å². The molecule has 0 saturated heterocycles. The van der Waals surface area contributed by atoms with Gasteiger partial charge in [-0.25, -0.2) is 4.99 Å². The normalized spacial score (nSPS) is 11.2. The molecule has 1 aromatic heterocycles. The number of rotatable bonds is 4. The smallest absolute Gasteiger partial charge is 0.257 e. The highest BCUT2D eigenvalue weighted by Crippen LogP contribution is 2.14. The number of aliphatic imine (C=N–C) groups is 1. The Labute approximate surface area is 165 Å². The first-order chi connectivity index (χ1) is 13.5. The van der Waals surface area contributed by atoms with Gasteiger partial charge in [-0.2, -0.15) is 0 Å². The minimum absolute atomic E-state index is 0.205. The van der Waals surface area contributed by atoms with E-state index in [9.17, 15) is 4.79 Å². The zero-order valence-electron chi connectivity index (χ0n) is 16.4. The fraction of sp³-hybridized carbons (Fsp3) is 0.174. The molecule has 0 spiro atoms. The summed E-state index contributed by atoms with van der Waals surface area (Å²) in [5, 5.41) is 6.13. The van der Waals surface area contributed by atoms with Crippen molar-refractivity contribution in [2.45, 2.75) is 27.3 Å². The number of nitrogens with zero attached hydrogens (tertiary/aromatic N) is 2. The highest BCUT2D eigenvalue weighted by molar-refractivity contribution is 6.10. The molecule has 0 saturated carbocycles. The third kappa shape index (κ3) is 5.04. The largest absolute Gasteiger partial charge is 0.326 e. The molecule has 3 aromatic rings. The molecule has 5 heteroatoms. The molecule has 5 nitrogen and oxygen atoms in total. The van der Waals surface area contributed by atoms with Crippen molar-refractivity contribution in [1.29, 1.82) is 0 Å². The Morgan fingerprint density at radius 1 is 0.929 bits per heavy atom. The first kappa shape index (κ1) is 19.3. The topological polar surface area (TPSA) is 66.4 Å². The van der Waals surface area contributed by atoms with Gasteiger partial charge in [0, 0.05) is 17.4 Å². The van der Waals surface area contributed by atoms with Crippen molar-refractivity contribution >= 4 is 17.6 Å². The number of pyridine rings is 1. The maximum Gasteiger partial charge on any atom is 0.257 e. The summed E-state index contributed by atoms with van der Waals surface area (Å²) < 4.78 is 0. The highest BCUT2D eigenvalue weighted by Gasteiger charge is 2.11. The van der Waals surface area contributed by atoms with Gasteiger partial charge in [-0.15, -0.1) is 0 Å². The second kappa shape index (κ2) is 8.95. The van der Waals surface area contributed by atoms with Crippen molar-refractivity contribution in [3.8, 4) is 0 Å². The third-order valence-electron chi connectivity index (χ3n) is 4.52. The standard InChI is InChI=1S/C23H24N4O/c1-16-11-12-19(14-18(16)3)22(28)27-23(25-15-20-9-6-7-13-24-20)26-21-10-5-4-8-17(21)2/h4-14H,15H2,1-3H3,(H2,25,26,27,28). The van der Waals surface area contributed by atoms with Gasteiger partial charge >= 0.3 is 0 Å². The summed E-state index contributed by atoms with van der Waals surface area (Å²) in [6.07, 6.45) is 1.73. The van der Waals surface area contributed by atoms with Crippen LogP contribution in [0.4, 0.5) is 5.69 Å². The Morgan fingerprint density at radius 2 is 1.71 bits per heavy atom. The van der Waals surface area contributed by atoms with Crippen LogP contribution in [-0.2, 0) is 6.54 Å². The average Bonchev–Trinajstić information content (AvgIpc) is 2.70. The number of carbonyl (C=O) groups is 1. The molecule has 0 fully saturated rings. The van der Waals surface area contributed by atoms with E-state index in [0.29, 0.717) is 18.1 Å². The van der Waals surface area contributed by atoms with Crippen LogP contribution in [0, 0.1) is 20.8 Å². The van der Waals surface area contributed by atoms with Crippen molar-refractivity contribution < 1.29 is 4.79 Å². The summed E-state index contributed by atoms with van der Waals surface area (Å²) in [5.41, 5.74) is 5.61. The first-order valence-corrected chi connectivity index (χ1v) is 9.18. The summed E-state index contributed by atoms with van der Waals surface area (Å²) in [7, 11) is 0. The van der Waals surface area contributed by atoms with E-state index in [1.54, 1.807) is 6.20 Å². The van der Waals surface area contributed by atoms with Gasteiger partial charge in [-0.1, -0.05) is 30.3 Å².